The highest BCUT2D eigenvalue weighted by Gasteiger charge is 2.47. The minimum atomic E-state index is -2.85. The average Bonchev–Trinajstić information content (AvgIpc) is 2.31. The lowest BCUT2D eigenvalue weighted by Crippen LogP contribution is -2.33. The normalized spacial score (nSPS) is 32.1. The van der Waals surface area contributed by atoms with Gasteiger partial charge in [0.1, 0.15) is 35.4 Å². The van der Waals surface area contributed by atoms with Gasteiger partial charge in [0.05, 0.1) is 0 Å². The second kappa shape index (κ2) is 3.46. The molecule has 0 amide bonds. The first-order valence-electron chi connectivity index (χ1n) is 3.93. The average molecular weight is 216 g/mol. The summed E-state index contributed by atoms with van der Waals surface area (Å²) < 4.78 is 27.5. The van der Waals surface area contributed by atoms with E-state index in [0.29, 0.717) is 12.2 Å². The molecule has 2 atom stereocenters. The number of hydrogen-bond acceptors (Lipinski definition) is 4. The first-order chi connectivity index (χ1) is 7.47. The SMILES string of the molecule is N#CC1=C(C#N)C(F)(C#N)C=CC1(F)C#N. The number of nitriles is 4. The zero-order valence-corrected chi connectivity index (χ0v) is 7.70. The van der Waals surface area contributed by atoms with Crippen molar-refractivity contribution in [1.29, 1.82) is 21.0 Å². The Morgan fingerprint density at radius 1 is 0.812 bits per heavy atom. The highest BCUT2D eigenvalue weighted by molar-refractivity contribution is 5.61. The molecule has 0 saturated carbocycles. The molecule has 0 N–H and O–H groups in total. The lowest BCUT2D eigenvalue weighted by atomic mass is 9.80. The minimum absolute atomic E-state index is 0.468. The van der Waals surface area contributed by atoms with Gasteiger partial charge in [-0.05, 0) is 12.2 Å². The summed E-state index contributed by atoms with van der Waals surface area (Å²) in [6.45, 7) is 0. The van der Waals surface area contributed by atoms with Crippen molar-refractivity contribution in [2.45, 2.75) is 11.3 Å². The molecule has 1 rings (SSSR count). The molecule has 4 nitrogen and oxygen atoms in total. The van der Waals surface area contributed by atoms with Crippen molar-refractivity contribution < 1.29 is 8.78 Å². The maximum absolute atomic E-state index is 13.7. The molecular formula is C10H2F2N4. The third kappa shape index (κ3) is 1.31. The van der Waals surface area contributed by atoms with E-state index in [1.807, 2.05) is 0 Å². The summed E-state index contributed by atoms with van der Waals surface area (Å²) in [6.07, 6.45) is 0.936. The Bertz CT molecular complexity index is 514. The van der Waals surface area contributed by atoms with Crippen molar-refractivity contribution in [1.82, 2.24) is 0 Å². The Labute approximate surface area is 89.5 Å². The summed E-state index contributed by atoms with van der Waals surface area (Å²) in [4.78, 5) is 0. The van der Waals surface area contributed by atoms with E-state index in [9.17, 15) is 8.78 Å². The van der Waals surface area contributed by atoms with Gasteiger partial charge >= 0.3 is 0 Å². The zero-order valence-electron chi connectivity index (χ0n) is 7.70. The summed E-state index contributed by atoms with van der Waals surface area (Å²) in [5.74, 6) is 0. The maximum Gasteiger partial charge on any atom is 0.250 e. The van der Waals surface area contributed by atoms with Crippen LogP contribution in [0.5, 0.6) is 0 Å². The fraction of sp³-hybridized carbons (Fsp3) is 0.200. The van der Waals surface area contributed by atoms with E-state index in [1.165, 1.54) is 12.1 Å². The number of alkyl halides is 2. The summed E-state index contributed by atoms with van der Waals surface area (Å²) in [5, 5.41) is 34.3. The van der Waals surface area contributed by atoms with E-state index in [1.54, 1.807) is 0 Å². The first-order valence-corrected chi connectivity index (χ1v) is 3.93. The van der Waals surface area contributed by atoms with Crippen LogP contribution in [0, 0.1) is 45.3 Å². The molecule has 16 heavy (non-hydrogen) atoms. The molecule has 0 aromatic carbocycles. The third-order valence-corrected chi connectivity index (χ3v) is 2.07. The second-order valence-electron chi connectivity index (χ2n) is 2.95. The van der Waals surface area contributed by atoms with Crippen molar-refractivity contribution >= 4 is 0 Å². The van der Waals surface area contributed by atoms with Crippen LogP contribution in [0.2, 0.25) is 0 Å². The molecule has 1 aliphatic carbocycles. The van der Waals surface area contributed by atoms with Crippen LogP contribution in [-0.2, 0) is 0 Å². The van der Waals surface area contributed by atoms with Crippen LogP contribution in [-0.4, -0.2) is 11.3 Å². The Balaban J connectivity index is 3.63. The Kier molecular flexibility index (Phi) is 2.46. The molecular weight excluding hydrogens is 214 g/mol. The van der Waals surface area contributed by atoms with Gasteiger partial charge in [0.15, 0.2) is 0 Å². The number of hydrogen-bond donors (Lipinski definition) is 0. The number of allylic oxidation sites excluding steroid dienone is 4. The largest absolute Gasteiger partial charge is 0.250 e. The van der Waals surface area contributed by atoms with Crippen LogP contribution >= 0.6 is 0 Å². The number of rotatable bonds is 0. The molecule has 76 valence electrons. The number of halogens is 2. The van der Waals surface area contributed by atoms with Crippen LogP contribution in [0.3, 0.4) is 0 Å². The van der Waals surface area contributed by atoms with Crippen molar-refractivity contribution in [3.8, 4) is 24.3 Å². The summed E-state index contributed by atoms with van der Waals surface area (Å²) in [7, 11) is 0. The Hall–Kier alpha value is -2.70. The third-order valence-electron chi connectivity index (χ3n) is 2.07. The monoisotopic (exact) mass is 216 g/mol. The predicted octanol–water partition coefficient (Wildman–Crippen LogP) is 1.36. The van der Waals surface area contributed by atoms with Crippen LogP contribution in [0.1, 0.15) is 0 Å². The van der Waals surface area contributed by atoms with E-state index in [-0.39, 0.29) is 0 Å². The molecule has 6 heteroatoms. The van der Waals surface area contributed by atoms with Gasteiger partial charge in [0, 0.05) is 0 Å². The second-order valence-corrected chi connectivity index (χ2v) is 2.95. The first kappa shape index (κ1) is 11.4. The summed E-state index contributed by atoms with van der Waals surface area (Å²) in [5.41, 5.74) is -7.67. The lowest BCUT2D eigenvalue weighted by Gasteiger charge is -2.23. The van der Waals surface area contributed by atoms with Gasteiger partial charge in [-0.3, -0.25) is 0 Å². The van der Waals surface area contributed by atoms with Gasteiger partial charge in [-0.2, -0.15) is 21.0 Å². The van der Waals surface area contributed by atoms with Crippen molar-refractivity contribution in [3.05, 3.63) is 23.3 Å². The molecule has 0 fully saturated rings. The predicted molar refractivity (Wildman–Crippen MR) is 46.3 cm³/mol. The molecule has 2 unspecified atom stereocenters. The van der Waals surface area contributed by atoms with Gasteiger partial charge in [-0.15, -0.1) is 0 Å². The molecule has 0 saturated heterocycles. The fourth-order valence-electron chi connectivity index (χ4n) is 1.22. The molecule has 0 heterocycles. The van der Waals surface area contributed by atoms with Crippen LogP contribution < -0.4 is 0 Å². The molecule has 0 spiro atoms. The van der Waals surface area contributed by atoms with Gasteiger partial charge in [0.25, 0.3) is 0 Å². The summed E-state index contributed by atoms with van der Waals surface area (Å²) in [6, 6.07) is 4.80. The van der Waals surface area contributed by atoms with Crippen molar-refractivity contribution in [3.63, 3.8) is 0 Å². The van der Waals surface area contributed by atoms with E-state index in [4.69, 9.17) is 21.0 Å². The van der Waals surface area contributed by atoms with Gasteiger partial charge in [-0.1, -0.05) is 0 Å². The molecule has 0 aromatic heterocycles. The topological polar surface area (TPSA) is 95.2 Å². The molecule has 0 bridgehead atoms. The van der Waals surface area contributed by atoms with E-state index < -0.39 is 22.5 Å². The quantitative estimate of drug-likeness (QED) is 0.571. The van der Waals surface area contributed by atoms with E-state index in [2.05, 4.69) is 0 Å². The van der Waals surface area contributed by atoms with Crippen LogP contribution in [0.15, 0.2) is 23.3 Å². The standard InChI is InChI=1S/C10H2F2N4/c11-9(5-15)1-2-10(12,6-16)8(4-14)7(9)3-13/h1-2H. The van der Waals surface area contributed by atoms with Crippen molar-refractivity contribution in [2.24, 2.45) is 0 Å². The smallest absolute Gasteiger partial charge is 0.216 e. The lowest BCUT2D eigenvalue weighted by molar-refractivity contribution is 0.315. The highest BCUT2D eigenvalue weighted by atomic mass is 19.1. The Morgan fingerprint density at radius 3 is 1.31 bits per heavy atom. The molecule has 0 aromatic rings. The van der Waals surface area contributed by atoms with Gasteiger partial charge in [0.2, 0.25) is 11.3 Å². The number of nitrogens with zero attached hydrogens (tertiary/aromatic N) is 4. The molecule has 0 aliphatic heterocycles. The van der Waals surface area contributed by atoms with Crippen molar-refractivity contribution in [2.75, 3.05) is 0 Å². The molecule has 1 aliphatic rings. The Morgan fingerprint density at radius 2 is 1.12 bits per heavy atom. The van der Waals surface area contributed by atoms with Gasteiger partial charge in [-0.25, -0.2) is 8.78 Å². The maximum atomic E-state index is 13.7. The van der Waals surface area contributed by atoms with E-state index in [0.717, 1.165) is 12.1 Å². The van der Waals surface area contributed by atoms with E-state index >= 15 is 0 Å². The molecule has 0 radical (unpaired) electrons. The minimum Gasteiger partial charge on any atom is -0.216 e. The highest BCUT2D eigenvalue weighted by Crippen LogP contribution is 2.38. The summed E-state index contributed by atoms with van der Waals surface area (Å²) >= 11 is 0. The zero-order chi connectivity index (χ0) is 12.4. The van der Waals surface area contributed by atoms with Gasteiger partial charge < -0.3 is 0 Å². The van der Waals surface area contributed by atoms with Crippen LogP contribution in [0.4, 0.5) is 8.78 Å². The van der Waals surface area contributed by atoms with Crippen LogP contribution in [0.25, 0.3) is 0 Å². The fourth-order valence-corrected chi connectivity index (χ4v) is 1.22.